The molecular weight excluding hydrogens is 542 g/mol. The van der Waals surface area contributed by atoms with E-state index in [-0.39, 0.29) is 24.4 Å². The predicted octanol–water partition coefficient (Wildman–Crippen LogP) is 7.79. The zero-order chi connectivity index (χ0) is 27.5. The zero-order valence-electron chi connectivity index (χ0n) is 21.8. The molecule has 1 saturated carbocycles. The number of hydrogen-bond donors (Lipinski definition) is 0. The van der Waals surface area contributed by atoms with Crippen LogP contribution in [-0.4, -0.2) is 30.9 Å². The molecule has 8 heteroatoms. The van der Waals surface area contributed by atoms with Crippen molar-refractivity contribution in [3.05, 3.63) is 107 Å². The molecule has 0 radical (unpaired) electrons. The highest BCUT2D eigenvalue weighted by Gasteiger charge is 2.37. The molecule has 2 aliphatic rings. The summed E-state index contributed by atoms with van der Waals surface area (Å²) in [6.07, 6.45) is 9.30. The first-order chi connectivity index (χ1) is 19.6. The molecule has 1 aromatic heterocycles. The number of hydrogen-bond acceptors (Lipinski definition) is 5. The van der Waals surface area contributed by atoms with Crippen molar-refractivity contribution in [1.29, 1.82) is 0 Å². The van der Waals surface area contributed by atoms with E-state index in [4.69, 9.17) is 22.1 Å². The number of halogens is 1. The molecule has 40 heavy (non-hydrogen) atoms. The number of nitrogens with zero attached hydrogens (tertiary/aromatic N) is 3. The fourth-order valence-corrected chi connectivity index (χ4v) is 6.61. The molecule has 6 rings (SSSR count). The zero-order valence-corrected chi connectivity index (χ0v) is 23.5. The van der Waals surface area contributed by atoms with E-state index in [9.17, 15) is 9.18 Å². The van der Waals surface area contributed by atoms with Crippen LogP contribution < -0.4 is 4.74 Å². The van der Waals surface area contributed by atoms with E-state index in [0.717, 1.165) is 42.5 Å². The molecule has 1 aliphatic carbocycles. The van der Waals surface area contributed by atoms with Crippen LogP contribution >= 0.6 is 24.0 Å². The molecule has 1 aliphatic heterocycles. The molecule has 0 spiro atoms. The van der Waals surface area contributed by atoms with Crippen molar-refractivity contribution in [2.24, 2.45) is 0 Å². The quantitative estimate of drug-likeness (QED) is 0.168. The number of amides is 1. The van der Waals surface area contributed by atoms with Gasteiger partial charge < -0.3 is 4.74 Å². The Balaban J connectivity index is 1.34. The highest BCUT2D eigenvalue weighted by molar-refractivity contribution is 8.26. The SMILES string of the molecule is O=C1/C(=C/c2cn(-c3ccccc3)nc2-c2cccc(OCc3ccccc3F)c2)SC(=S)N1C1CCCCC1. The number of rotatable bonds is 7. The molecule has 202 valence electrons. The van der Waals surface area contributed by atoms with E-state index in [1.165, 1.54) is 24.2 Å². The lowest BCUT2D eigenvalue weighted by Crippen LogP contribution is -2.39. The van der Waals surface area contributed by atoms with Gasteiger partial charge in [-0.1, -0.05) is 91.8 Å². The maximum absolute atomic E-state index is 14.1. The standard InChI is InChI=1S/C32H28FN3O2S2/c33-28-17-8-7-10-23(28)21-38-27-16-9-11-22(18-27)30-24(20-35(34-30)25-12-3-1-4-13-25)19-29-31(37)36(32(39)40-29)26-14-5-2-6-15-26/h1,3-4,7-13,16-20,26H,2,5-6,14-15,21H2/b29-19-. The maximum atomic E-state index is 14.1. The van der Waals surface area contributed by atoms with Gasteiger partial charge in [-0.3, -0.25) is 9.69 Å². The minimum absolute atomic E-state index is 0.0257. The minimum atomic E-state index is -0.298. The van der Waals surface area contributed by atoms with Gasteiger partial charge in [0.2, 0.25) is 0 Å². The third kappa shape index (κ3) is 5.60. The minimum Gasteiger partial charge on any atom is -0.489 e. The second-order valence-corrected chi connectivity index (χ2v) is 11.6. The van der Waals surface area contributed by atoms with Gasteiger partial charge in [0.15, 0.2) is 0 Å². The molecule has 1 saturated heterocycles. The van der Waals surface area contributed by atoms with E-state index in [1.54, 1.807) is 18.2 Å². The smallest absolute Gasteiger partial charge is 0.266 e. The lowest BCUT2D eigenvalue weighted by Gasteiger charge is -2.29. The Morgan fingerprint density at radius 2 is 1.77 bits per heavy atom. The molecular formula is C32H28FN3O2S2. The molecule has 4 aromatic rings. The number of ether oxygens (including phenoxy) is 1. The molecule has 2 heterocycles. The Morgan fingerprint density at radius 1 is 1.00 bits per heavy atom. The second-order valence-electron chi connectivity index (χ2n) is 9.96. The van der Waals surface area contributed by atoms with Crippen LogP contribution in [0.5, 0.6) is 5.75 Å². The lowest BCUT2D eigenvalue weighted by atomic mass is 9.94. The predicted molar refractivity (Wildman–Crippen MR) is 162 cm³/mol. The first kappa shape index (κ1) is 26.5. The van der Waals surface area contributed by atoms with E-state index >= 15 is 0 Å². The van der Waals surface area contributed by atoms with Gasteiger partial charge in [-0.2, -0.15) is 5.10 Å². The number of para-hydroxylation sites is 1. The van der Waals surface area contributed by atoms with Gasteiger partial charge in [-0.15, -0.1) is 0 Å². The van der Waals surface area contributed by atoms with E-state index < -0.39 is 0 Å². The van der Waals surface area contributed by atoms with Gasteiger partial charge in [0, 0.05) is 28.9 Å². The van der Waals surface area contributed by atoms with E-state index in [0.29, 0.717) is 26.2 Å². The van der Waals surface area contributed by atoms with Crippen LogP contribution in [0.4, 0.5) is 4.39 Å². The van der Waals surface area contributed by atoms with Gasteiger partial charge in [-0.05, 0) is 49.2 Å². The van der Waals surface area contributed by atoms with Gasteiger partial charge in [0.25, 0.3) is 5.91 Å². The van der Waals surface area contributed by atoms with Crippen molar-refractivity contribution in [1.82, 2.24) is 14.7 Å². The first-order valence-electron chi connectivity index (χ1n) is 13.5. The molecule has 0 unspecified atom stereocenters. The molecule has 3 aromatic carbocycles. The summed E-state index contributed by atoms with van der Waals surface area (Å²) < 4.78 is 22.5. The summed E-state index contributed by atoms with van der Waals surface area (Å²) in [5.41, 5.74) is 3.74. The maximum Gasteiger partial charge on any atom is 0.266 e. The summed E-state index contributed by atoms with van der Waals surface area (Å²) >= 11 is 7.02. The summed E-state index contributed by atoms with van der Waals surface area (Å²) in [6, 6.07) is 24.2. The summed E-state index contributed by atoms with van der Waals surface area (Å²) in [7, 11) is 0. The summed E-state index contributed by atoms with van der Waals surface area (Å²) in [5.74, 6) is 0.278. The van der Waals surface area contributed by atoms with Gasteiger partial charge in [-0.25, -0.2) is 9.07 Å². The van der Waals surface area contributed by atoms with Crippen molar-refractivity contribution in [3.8, 4) is 22.7 Å². The number of thioether (sulfide) groups is 1. The van der Waals surface area contributed by atoms with Crippen LogP contribution in [0.1, 0.15) is 43.2 Å². The number of carbonyl (C=O) groups excluding carboxylic acids is 1. The second kappa shape index (κ2) is 11.8. The Labute approximate surface area is 242 Å². The molecule has 5 nitrogen and oxygen atoms in total. The van der Waals surface area contributed by atoms with Gasteiger partial charge >= 0.3 is 0 Å². The third-order valence-corrected chi connectivity index (χ3v) is 8.60. The topological polar surface area (TPSA) is 47.4 Å². The molecule has 0 N–H and O–H groups in total. The van der Waals surface area contributed by atoms with Crippen molar-refractivity contribution in [3.63, 3.8) is 0 Å². The van der Waals surface area contributed by atoms with Crippen LogP contribution in [0, 0.1) is 5.82 Å². The molecule has 1 amide bonds. The first-order valence-corrected chi connectivity index (χ1v) is 14.7. The fourth-order valence-electron chi connectivity index (χ4n) is 5.22. The third-order valence-electron chi connectivity index (χ3n) is 7.27. The van der Waals surface area contributed by atoms with E-state index in [2.05, 4.69) is 0 Å². The van der Waals surface area contributed by atoms with Crippen molar-refractivity contribution >= 4 is 40.3 Å². The average Bonchev–Trinajstić information content (AvgIpc) is 3.53. The van der Waals surface area contributed by atoms with Crippen molar-refractivity contribution in [2.45, 2.75) is 44.8 Å². The Morgan fingerprint density at radius 3 is 2.58 bits per heavy atom. The van der Waals surface area contributed by atoms with Crippen LogP contribution in [0.3, 0.4) is 0 Å². The monoisotopic (exact) mass is 569 g/mol. The summed E-state index contributed by atoms with van der Waals surface area (Å²) in [5, 5.41) is 4.91. The van der Waals surface area contributed by atoms with Crippen LogP contribution in [0.15, 0.2) is 90.0 Å². The summed E-state index contributed by atoms with van der Waals surface area (Å²) in [6.45, 7) is 0.116. The van der Waals surface area contributed by atoms with Crippen molar-refractivity contribution < 1.29 is 13.9 Å². The Hall–Kier alpha value is -3.75. The number of carbonyl (C=O) groups is 1. The number of benzene rings is 3. The number of thiocarbonyl (C=S) groups is 1. The average molecular weight is 570 g/mol. The van der Waals surface area contributed by atoms with Crippen LogP contribution in [0.25, 0.3) is 23.0 Å². The Bertz CT molecular complexity index is 1580. The van der Waals surface area contributed by atoms with E-state index in [1.807, 2.05) is 76.5 Å². The lowest BCUT2D eigenvalue weighted by molar-refractivity contribution is -0.124. The highest BCUT2D eigenvalue weighted by atomic mass is 32.2. The normalized spacial score (nSPS) is 17.1. The molecule has 0 atom stereocenters. The molecule has 2 fully saturated rings. The van der Waals surface area contributed by atoms with Gasteiger partial charge in [0.05, 0.1) is 10.6 Å². The van der Waals surface area contributed by atoms with Crippen molar-refractivity contribution in [2.75, 3.05) is 0 Å². The van der Waals surface area contributed by atoms with Crippen LogP contribution in [0.2, 0.25) is 0 Å². The largest absolute Gasteiger partial charge is 0.489 e. The Kier molecular flexibility index (Phi) is 7.80. The highest BCUT2D eigenvalue weighted by Crippen LogP contribution is 2.38. The number of aromatic nitrogens is 2. The molecule has 0 bridgehead atoms. The fraction of sp³-hybridized carbons (Fsp3) is 0.219. The summed E-state index contributed by atoms with van der Waals surface area (Å²) in [4.78, 5) is 15.9. The van der Waals surface area contributed by atoms with Gasteiger partial charge in [0.1, 0.15) is 28.2 Å². The van der Waals surface area contributed by atoms with Crippen LogP contribution in [-0.2, 0) is 11.4 Å².